The number of esters is 1. The molecule has 28 heavy (non-hydrogen) atoms. The van der Waals surface area contributed by atoms with E-state index in [0.29, 0.717) is 47.8 Å². The van der Waals surface area contributed by atoms with Gasteiger partial charge in [-0.15, -0.1) is 0 Å². The van der Waals surface area contributed by atoms with Crippen molar-refractivity contribution in [3.63, 3.8) is 0 Å². The number of rotatable bonds is 8. The van der Waals surface area contributed by atoms with E-state index < -0.39 is 0 Å². The Labute approximate surface area is 169 Å². The first kappa shape index (κ1) is 20.5. The zero-order chi connectivity index (χ0) is 19.9. The highest BCUT2D eigenvalue weighted by Crippen LogP contribution is 2.34. The highest BCUT2D eigenvalue weighted by Gasteiger charge is 2.26. The summed E-state index contributed by atoms with van der Waals surface area (Å²) >= 11 is 1.37. The molecule has 2 aromatic heterocycles. The molecule has 1 aliphatic rings. The van der Waals surface area contributed by atoms with E-state index in [-0.39, 0.29) is 5.97 Å². The fourth-order valence-electron chi connectivity index (χ4n) is 3.14. The Kier molecular flexibility index (Phi) is 7.16. The van der Waals surface area contributed by atoms with Crippen LogP contribution in [0.1, 0.15) is 36.4 Å². The maximum atomic E-state index is 12.5. The molecule has 0 radical (unpaired) electrons. The first-order valence-electron chi connectivity index (χ1n) is 9.60. The maximum Gasteiger partial charge on any atom is 0.350 e. The number of nitrogens with one attached hydrogen (secondary N) is 1. The largest absolute Gasteiger partial charge is 0.462 e. The van der Waals surface area contributed by atoms with Crippen molar-refractivity contribution < 1.29 is 14.3 Å². The molecule has 1 fully saturated rings. The van der Waals surface area contributed by atoms with E-state index in [1.165, 1.54) is 17.8 Å². The van der Waals surface area contributed by atoms with Crippen molar-refractivity contribution >= 4 is 28.3 Å². The van der Waals surface area contributed by atoms with Crippen molar-refractivity contribution in [3.05, 3.63) is 17.3 Å². The Balaban J connectivity index is 1.86. The monoisotopic (exact) mass is 405 g/mol. The second-order valence-electron chi connectivity index (χ2n) is 6.79. The topological polar surface area (TPSA) is 89.5 Å². The standard InChI is InChI=1S/C19H27N5O3S/c1-4-27-18(25)17-16(14-10-22-15(11-21-14)20-7-9-26-3)23-19(28-17)24-8-5-6-13(2)12-24/h10-11,13H,4-9,12H2,1-3H3,(H,20,22)/t13-/m1/s1. The van der Waals surface area contributed by atoms with Crippen molar-refractivity contribution in [2.24, 2.45) is 5.92 Å². The average molecular weight is 406 g/mol. The molecule has 0 saturated carbocycles. The molecule has 0 aromatic carbocycles. The van der Waals surface area contributed by atoms with E-state index >= 15 is 0 Å². The van der Waals surface area contributed by atoms with Crippen LogP contribution in [0.25, 0.3) is 11.4 Å². The first-order chi connectivity index (χ1) is 13.6. The number of carbonyl (C=O) groups is 1. The number of hydrogen-bond donors (Lipinski definition) is 1. The first-order valence-corrected chi connectivity index (χ1v) is 10.4. The van der Waals surface area contributed by atoms with E-state index in [1.54, 1.807) is 26.4 Å². The van der Waals surface area contributed by atoms with E-state index in [2.05, 4.69) is 27.1 Å². The summed E-state index contributed by atoms with van der Waals surface area (Å²) in [4.78, 5) is 28.8. The molecule has 0 unspecified atom stereocenters. The summed E-state index contributed by atoms with van der Waals surface area (Å²) in [5.41, 5.74) is 1.10. The lowest BCUT2D eigenvalue weighted by Crippen LogP contribution is -2.34. The van der Waals surface area contributed by atoms with Gasteiger partial charge in [0.2, 0.25) is 0 Å². The van der Waals surface area contributed by atoms with Crippen molar-refractivity contribution in [2.45, 2.75) is 26.7 Å². The molecule has 1 aliphatic heterocycles. The van der Waals surface area contributed by atoms with Crippen LogP contribution in [0.2, 0.25) is 0 Å². The second-order valence-corrected chi connectivity index (χ2v) is 7.77. The van der Waals surface area contributed by atoms with Crippen LogP contribution < -0.4 is 10.2 Å². The summed E-state index contributed by atoms with van der Waals surface area (Å²) in [6, 6.07) is 0. The Morgan fingerprint density at radius 3 is 2.93 bits per heavy atom. The lowest BCUT2D eigenvalue weighted by Gasteiger charge is -2.30. The average Bonchev–Trinajstić information content (AvgIpc) is 3.15. The molecule has 8 nitrogen and oxygen atoms in total. The van der Waals surface area contributed by atoms with Crippen LogP contribution in [0.3, 0.4) is 0 Å². The molecule has 0 spiro atoms. The summed E-state index contributed by atoms with van der Waals surface area (Å²) in [7, 11) is 1.65. The number of nitrogens with zero attached hydrogens (tertiary/aromatic N) is 4. The summed E-state index contributed by atoms with van der Waals surface area (Å²) in [5, 5.41) is 3.97. The van der Waals surface area contributed by atoms with E-state index in [9.17, 15) is 4.79 Å². The van der Waals surface area contributed by atoms with Crippen molar-refractivity contribution in [1.82, 2.24) is 15.0 Å². The summed E-state index contributed by atoms with van der Waals surface area (Å²) in [5.74, 6) is 0.901. The van der Waals surface area contributed by atoms with Gasteiger partial charge in [0.05, 0.1) is 25.6 Å². The minimum Gasteiger partial charge on any atom is -0.462 e. The molecule has 1 atom stereocenters. The molecule has 0 aliphatic carbocycles. The number of piperidine rings is 1. The predicted molar refractivity (Wildman–Crippen MR) is 110 cm³/mol. The Morgan fingerprint density at radius 2 is 2.25 bits per heavy atom. The molecule has 0 amide bonds. The lowest BCUT2D eigenvalue weighted by atomic mass is 10.0. The van der Waals surface area contributed by atoms with E-state index in [4.69, 9.17) is 14.5 Å². The third-order valence-corrected chi connectivity index (χ3v) is 5.61. The fourth-order valence-corrected chi connectivity index (χ4v) is 4.14. The van der Waals surface area contributed by atoms with E-state index in [0.717, 1.165) is 24.6 Å². The summed E-state index contributed by atoms with van der Waals surface area (Å²) in [6.07, 6.45) is 5.63. The van der Waals surface area contributed by atoms with Crippen molar-refractivity contribution in [1.29, 1.82) is 0 Å². The number of carbonyl (C=O) groups excluding carboxylic acids is 1. The normalized spacial score (nSPS) is 16.8. The number of aromatic nitrogens is 3. The quantitative estimate of drug-likeness (QED) is 0.529. The van der Waals surface area contributed by atoms with Crippen LogP contribution in [-0.4, -0.2) is 60.9 Å². The van der Waals surface area contributed by atoms with Crippen LogP contribution in [0.4, 0.5) is 10.9 Å². The zero-order valence-electron chi connectivity index (χ0n) is 16.6. The van der Waals surface area contributed by atoms with E-state index in [1.807, 2.05) is 0 Å². The zero-order valence-corrected chi connectivity index (χ0v) is 17.4. The molecular weight excluding hydrogens is 378 g/mol. The van der Waals surface area contributed by atoms with Crippen molar-refractivity contribution in [2.75, 3.05) is 50.2 Å². The van der Waals surface area contributed by atoms with Gasteiger partial charge in [-0.1, -0.05) is 18.3 Å². The Bertz CT molecular complexity index is 780. The Morgan fingerprint density at radius 1 is 1.39 bits per heavy atom. The van der Waals surface area contributed by atoms with Crippen molar-refractivity contribution in [3.8, 4) is 11.4 Å². The van der Waals surface area contributed by atoms with Gasteiger partial charge in [-0.25, -0.2) is 19.7 Å². The minimum atomic E-state index is -0.365. The van der Waals surface area contributed by atoms with Gasteiger partial charge in [0.1, 0.15) is 22.1 Å². The van der Waals surface area contributed by atoms with Gasteiger partial charge in [-0.2, -0.15) is 0 Å². The highest BCUT2D eigenvalue weighted by atomic mass is 32.1. The minimum absolute atomic E-state index is 0.320. The van der Waals surface area contributed by atoms with Gasteiger partial charge in [0, 0.05) is 26.7 Å². The van der Waals surface area contributed by atoms with Gasteiger partial charge >= 0.3 is 5.97 Å². The number of hydrogen-bond acceptors (Lipinski definition) is 9. The van der Waals surface area contributed by atoms with Gasteiger partial charge < -0.3 is 19.7 Å². The smallest absolute Gasteiger partial charge is 0.350 e. The summed E-state index contributed by atoms with van der Waals surface area (Å²) in [6.45, 7) is 7.49. The number of anilines is 2. The second kappa shape index (κ2) is 9.79. The van der Waals surface area contributed by atoms with Crippen LogP contribution in [0, 0.1) is 5.92 Å². The van der Waals surface area contributed by atoms with Gasteiger partial charge in [-0.3, -0.25) is 0 Å². The van der Waals surface area contributed by atoms with Crippen LogP contribution in [0.5, 0.6) is 0 Å². The molecule has 2 aromatic rings. The molecule has 0 bridgehead atoms. The molecule has 152 valence electrons. The third-order valence-electron chi connectivity index (χ3n) is 4.51. The number of thiazole rings is 1. The van der Waals surface area contributed by atoms with Crippen LogP contribution >= 0.6 is 11.3 Å². The van der Waals surface area contributed by atoms with Gasteiger partial charge in [-0.05, 0) is 25.7 Å². The molecule has 3 heterocycles. The fraction of sp³-hybridized carbons (Fsp3) is 0.579. The summed E-state index contributed by atoms with van der Waals surface area (Å²) < 4.78 is 10.3. The predicted octanol–water partition coefficient (Wildman–Crippen LogP) is 3.07. The van der Waals surface area contributed by atoms with Crippen LogP contribution in [-0.2, 0) is 9.47 Å². The molecule has 3 rings (SSSR count). The highest BCUT2D eigenvalue weighted by molar-refractivity contribution is 7.17. The van der Waals surface area contributed by atoms with Gasteiger partial charge in [0.15, 0.2) is 5.13 Å². The molecule has 1 saturated heterocycles. The SMILES string of the molecule is CCOC(=O)c1sc(N2CCC[C@@H](C)C2)nc1-c1cnc(NCCOC)cn1. The number of ether oxygens (including phenoxy) is 2. The lowest BCUT2D eigenvalue weighted by molar-refractivity contribution is 0.0532. The van der Waals surface area contributed by atoms with Crippen LogP contribution in [0.15, 0.2) is 12.4 Å². The maximum absolute atomic E-state index is 12.5. The molecule has 9 heteroatoms. The molecule has 1 N–H and O–H groups in total. The number of methoxy groups -OCH3 is 1. The third kappa shape index (κ3) is 4.96. The van der Waals surface area contributed by atoms with Gasteiger partial charge in [0.25, 0.3) is 0 Å². The molecular formula is C19H27N5O3S. The Hall–Kier alpha value is -2.26.